The number of H-pyrrole nitrogens is 1. The SMILES string of the molecule is O=C(Nc1n[nH]c2cc(S(=O)(=O)c3ccccc3)ccc12)C1CC1. The summed E-state index contributed by atoms with van der Waals surface area (Å²) in [4.78, 5) is 12.3. The molecular formula is C17H15N3O3S. The van der Waals surface area contributed by atoms with E-state index in [1.165, 1.54) is 12.1 Å². The summed E-state index contributed by atoms with van der Waals surface area (Å²) in [5.74, 6) is 0.476. The van der Waals surface area contributed by atoms with E-state index in [1.807, 2.05) is 0 Å². The minimum Gasteiger partial charge on any atom is -0.308 e. The lowest BCUT2D eigenvalue weighted by molar-refractivity contribution is -0.117. The summed E-state index contributed by atoms with van der Waals surface area (Å²) in [6.45, 7) is 0. The molecule has 0 atom stereocenters. The lowest BCUT2D eigenvalue weighted by atomic mass is 10.2. The van der Waals surface area contributed by atoms with Gasteiger partial charge in [-0.1, -0.05) is 18.2 Å². The molecule has 24 heavy (non-hydrogen) atoms. The highest BCUT2D eigenvalue weighted by Gasteiger charge is 2.30. The highest BCUT2D eigenvalue weighted by molar-refractivity contribution is 7.91. The first-order valence-corrected chi connectivity index (χ1v) is 9.13. The molecule has 2 N–H and O–H groups in total. The Kier molecular flexibility index (Phi) is 3.38. The van der Waals surface area contributed by atoms with Gasteiger partial charge >= 0.3 is 0 Å². The lowest BCUT2D eigenvalue weighted by Gasteiger charge is -2.05. The molecule has 0 unspecified atom stereocenters. The van der Waals surface area contributed by atoms with Gasteiger partial charge in [-0.05, 0) is 43.2 Å². The van der Waals surface area contributed by atoms with E-state index in [-0.39, 0.29) is 21.6 Å². The first kappa shape index (κ1) is 14.9. The fourth-order valence-electron chi connectivity index (χ4n) is 2.56. The first-order valence-electron chi connectivity index (χ1n) is 7.65. The number of anilines is 1. The quantitative estimate of drug-likeness (QED) is 0.763. The predicted octanol–water partition coefficient (Wildman–Crippen LogP) is 2.74. The van der Waals surface area contributed by atoms with Crippen molar-refractivity contribution in [2.24, 2.45) is 5.92 Å². The largest absolute Gasteiger partial charge is 0.308 e. The number of amides is 1. The molecular weight excluding hydrogens is 326 g/mol. The molecule has 1 aromatic heterocycles. The molecule has 6 nitrogen and oxygen atoms in total. The smallest absolute Gasteiger partial charge is 0.228 e. The summed E-state index contributed by atoms with van der Waals surface area (Å²) in [5.41, 5.74) is 0.568. The van der Waals surface area contributed by atoms with Crippen LogP contribution >= 0.6 is 0 Å². The molecule has 7 heteroatoms. The number of benzene rings is 2. The Hall–Kier alpha value is -2.67. The van der Waals surface area contributed by atoms with Gasteiger partial charge in [0, 0.05) is 11.3 Å². The number of hydrogen-bond acceptors (Lipinski definition) is 4. The van der Waals surface area contributed by atoms with Crippen LogP contribution in [0.4, 0.5) is 5.82 Å². The minimum atomic E-state index is -3.58. The van der Waals surface area contributed by atoms with E-state index in [2.05, 4.69) is 15.5 Å². The van der Waals surface area contributed by atoms with Crippen LogP contribution in [-0.2, 0) is 14.6 Å². The molecule has 122 valence electrons. The minimum absolute atomic E-state index is 0.0376. The highest BCUT2D eigenvalue weighted by atomic mass is 32.2. The number of aromatic amines is 1. The van der Waals surface area contributed by atoms with E-state index >= 15 is 0 Å². The molecule has 1 heterocycles. The molecule has 1 aliphatic rings. The summed E-state index contributed by atoms with van der Waals surface area (Å²) in [7, 11) is -3.58. The maximum absolute atomic E-state index is 12.7. The molecule has 3 aromatic rings. The fourth-order valence-corrected chi connectivity index (χ4v) is 3.87. The molecule has 2 aromatic carbocycles. The topological polar surface area (TPSA) is 91.9 Å². The summed E-state index contributed by atoms with van der Waals surface area (Å²) >= 11 is 0. The maximum Gasteiger partial charge on any atom is 0.228 e. The average Bonchev–Trinajstić information content (AvgIpc) is 3.38. The molecule has 1 fully saturated rings. The van der Waals surface area contributed by atoms with Gasteiger partial charge in [-0.15, -0.1) is 0 Å². The molecule has 0 saturated heterocycles. The Labute approximate surface area is 138 Å². The molecule has 1 saturated carbocycles. The van der Waals surface area contributed by atoms with Crippen molar-refractivity contribution in [3.05, 3.63) is 48.5 Å². The Morgan fingerprint density at radius 2 is 1.83 bits per heavy atom. The first-order chi connectivity index (χ1) is 11.6. The Morgan fingerprint density at radius 3 is 2.54 bits per heavy atom. The summed E-state index contributed by atoms with van der Waals surface area (Å²) in [6, 6.07) is 13.0. The van der Waals surface area contributed by atoms with E-state index < -0.39 is 9.84 Å². The molecule has 0 bridgehead atoms. The summed E-state index contributed by atoms with van der Waals surface area (Å²) in [6.07, 6.45) is 1.82. The summed E-state index contributed by atoms with van der Waals surface area (Å²) < 4.78 is 25.3. The van der Waals surface area contributed by atoms with Gasteiger partial charge in [-0.3, -0.25) is 9.89 Å². The van der Waals surface area contributed by atoms with Gasteiger partial charge < -0.3 is 5.32 Å². The molecule has 1 aliphatic carbocycles. The zero-order chi connectivity index (χ0) is 16.7. The number of nitrogens with zero attached hydrogens (tertiary/aromatic N) is 1. The van der Waals surface area contributed by atoms with Crippen LogP contribution in [0.15, 0.2) is 58.3 Å². The summed E-state index contributed by atoms with van der Waals surface area (Å²) in [5, 5.41) is 10.4. The van der Waals surface area contributed by atoms with Gasteiger partial charge in [0.1, 0.15) is 0 Å². The number of fused-ring (bicyclic) bond motifs is 1. The Bertz CT molecular complexity index is 1020. The van der Waals surface area contributed by atoms with E-state index in [0.29, 0.717) is 16.7 Å². The maximum atomic E-state index is 12.7. The third-order valence-electron chi connectivity index (χ3n) is 4.09. The van der Waals surface area contributed by atoms with Crippen molar-refractivity contribution < 1.29 is 13.2 Å². The van der Waals surface area contributed by atoms with Gasteiger partial charge in [-0.2, -0.15) is 5.10 Å². The van der Waals surface area contributed by atoms with Gasteiger partial charge in [0.2, 0.25) is 15.7 Å². The Morgan fingerprint density at radius 1 is 1.08 bits per heavy atom. The van der Waals surface area contributed by atoms with Crippen molar-refractivity contribution in [1.82, 2.24) is 10.2 Å². The average molecular weight is 341 g/mol. The van der Waals surface area contributed by atoms with E-state index in [0.717, 1.165) is 12.8 Å². The number of carbonyl (C=O) groups is 1. The zero-order valence-corrected chi connectivity index (χ0v) is 13.5. The van der Waals surface area contributed by atoms with E-state index in [4.69, 9.17) is 0 Å². The van der Waals surface area contributed by atoms with Gasteiger partial charge in [0.15, 0.2) is 5.82 Å². The van der Waals surface area contributed by atoms with Crippen molar-refractivity contribution >= 4 is 32.5 Å². The second-order valence-electron chi connectivity index (χ2n) is 5.86. The molecule has 0 radical (unpaired) electrons. The van der Waals surface area contributed by atoms with Crippen LogP contribution in [0.25, 0.3) is 10.9 Å². The van der Waals surface area contributed by atoms with Crippen molar-refractivity contribution in [3.8, 4) is 0 Å². The second kappa shape index (κ2) is 5.45. The number of rotatable bonds is 4. The third kappa shape index (κ3) is 2.56. The molecule has 0 aliphatic heterocycles. The number of aromatic nitrogens is 2. The van der Waals surface area contributed by atoms with Gasteiger partial charge in [0.05, 0.1) is 15.3 Å². The second-order valence-corrected chi connectivity index (χ2v) is 7.81. The predicted molar refractivity (Wildman–Crippen MR) is 89.3 cm³/mol. The number of sulfone groups is 1. The Balaban J connectivity index is 1.70. The van der Waals surface area contributed by atoms with Crippen molar-refractivity contribution in [3.63, 3.8) is 0 Å². The van der Waals surface area contributed by atoms with Crippen LogP contribution in [0.3, 0.4) is 0 Å². The molecule has 4 rings (SSSR count). The normalized spacial score (nSPS) is 14.7. The zero-order valence-electron chi connectivity index (χ0n) is 12.7. The van der Waals surface area contributed by atoms with Crippen LogP contribution in [0.5, 0.6) is 0 Å². The van der Waals surface area contributed by atoms with Crippen molar-refractivity contribution in [2.75, 3.05) is 5.32 Å². The lowest BCUT2D eigenvalue weighted by Crippen LogP contribution is -2.13. The van der Waals surface area contributed by atoms with Crippen LogP contribution < -0.4 is 5.32 Å². The molecule has 0 spiro atoms. The monoisotopic (exact) mass is 341 g/mol. The standard InChI is InChI=1S/C17H15N3O3S/c21-17(11-6-7-11)18-16-14-9-8-13(10-15(14)19-20-16)24(22,23)12-4-2-1-3-5-12/h1-5,8-11H,6-7H2,(H2,18,19,20,21). The molecule has 1 amide bonds. The van der Waals surface area contributed by atoms with Crippen LogP contribution in [0.1, 0.15) is 12.8 Å². The van der Waals surface area contributed by atoms with E-state index in [1.54, 1.807) is 36.4 Å². The van der Waals surface area contributed by atoms with E-state index in [9.17, 15) is 13.2 Å². The van der Waals surface area contributed by atoms with Crippen molar-refractivity contribution in [1.29, 1.82) is 0 Å². The fraction of sp³-hybridized carbons (Fsp3) is 0.176. The van der Waals surface area contributed by atoms with Crippen LogP contribution in [0.2, 0.25) is 0 Å². The van der Waals surface area contributed by atoms with Crippen LogP contribution in [0, 0.1) is 5.92 Å². The van der Waals surface area contributed by atoms with Gasteiger partial charge in [-0.25, -0.2) is 8.42 Å². The van der Waals surface area contributed by atoms with Crippen molar-refractivity contribution in [2.45, 2.75) is 22.6 Å². The number of nitrogens with one attached hydrogen (secondary N) is 2. The van der Waals surface area contributed by atoms with Crippen LogP contribution in [-0.4, -0.2) is 24.5 Å². The van der Waals surface area contributed by atoms with Gasteiger partial charge in [0.25, 0.3) is 0 Å². The third-order valence-corrected chi connectivity index (χ3v) is 5.86. The number of hydrogen-bond donors (Lipinski definition) is 2. The number of carbonyl (C=O) groups excluding carboxylic acids is 1. The highest BCUT2D eigenvalue weighted by Crippen LogP contribution is 2.32.